The Labute approximate surface area is 181 Å². The molecule has 0 radical (unpaired) electrons. The number of ether oxygens (including phenoxy) is 2. The molecular formula is C25H24N2O4. The van der Waals surface area contributed by atoms with Gasteiger partial charge in [0.15, 0.2) is 5.72 Å². The lowest BCUT2D eigenvalue weighted by Crippen LogP contribution is -2.59. The maximum absolute atomic E-state index is 11.2. The van der Waals surface area contributed by atoms with E-state index in [1.807, 2.05) is 12.1 Å². The van der Waals surface area contributed by atoms with Crippen LogP contribution >= 0.6 is 0 Å². The molecule has 0 fully saturated rings. The molecule has 0 saturated heterocycles. The van der Waals surface area contributed by atoms with Gasteiger partial charge in [-0.05, 0) is 67.8 Å². The molecule has 0 spiro atoms. The number of hydrogen-bond donors (Lipinski definition) is 0. The van der Waals surface area contributed by atoms with Crippen LogP contribution in [0.4, 0.5) is 11.4 Å². The lowest BCUT2D eigenvalue weighted by molar-refractivity contribution is -0.385. The second-order valence-corrected chi connectivity index (χ2v) is 8.81. The van der Waals surface area contributed by atoms with Crippen molar-refractivity contribution < 1.29 is 14.4 Å². The topological polar surface area (TPSA) is 64.8 Å². The molecule has 0 amide bonds. The molecule has 2 heterocycles. The van der Waals surface area contributed by atoms with Crippen molar-refractivity contribution in [1.29, 1.82) is 0 Å². The summed E-state index contributed by atoms with van der Waals surface area (Å²) in [5.41, 5.74) is 4.56. The first-order valence-electron chi connectivity index (χ1n) is 10.3. The molecule has 158 valence electrons. The van der Waals surface area contributed by atoms with Gasteiger partial charge in [0.25, 0.3) is 5.69 Å². The fourth-order valence-corrected chi connectivity index (χ4v) is 4.76. The molecule has 3 aromatic carbocycles. The monoisotopic (exact) mass is 416 g/mol. The van der Waals surface area contributed by atoms with Crippen LogP contribution in [0, 0.1) is 10.1 Å². The van der Waals surface area contributed by atoms with E-state index in [-0.39, 0.29) is 16.0 Å². The third kappa shape index (κ3) is 2.71. The third-order valence-electron chi connectivity index (χ3n) is 6.95. The Hall–Kier alpha value is -3.54. The second kappa shape index (κ2) is 6.48. The van der Waals surface area contributed by atoms with E-state index < -0.39 is 5.72 Å². The highest BCUT2D eigenvalue weighted by molar-refractivity contribution is 5.75. The summed E-state index contributed by atoms with van der Waals surface area (Å²) in [6, 6.07) is 19.4. The van der Waals surface area contributed by atoms with Crippen LogP contribution in [0.3, 0.4) is 0 Å². The van der Waals surface area contributed by atoms with Crippen molar-refractivity contribution >= 4 is 11.4 Å². The van der Waals surface area contributed by atoms with Gasteiger partial charge in [-0.3, -0.25) is 10.1 Å². The average Bonchev–Trinajstić information content (AvgIpc) is 2.94. The number of rotatable bonds is 3. The molecule has 5 rings (SSSR count). The standard InChI is InChI=1S/C25H24N2O4/c1-24(2)21-14-17(16-5-9-20(30-4)10-6-16)7-11-22(21)26-15-18-13-19(27(28)29)8-12-23(18)31-25(24,26)3/h5-14H,15H2,1-4H3. The predicted octanol–water partition coefficient (Wildman–Crippen LogP) is 5.68. The van der Waals surface area contributed by atoms with E-state index in [9.17, 15) is 10.1 Å². The van der Waals surface area contributed by atoms with Crippen molar-refractivity contribution in [3.8, 4) is 22.6 Å². The molecule has 6 nitrogen and oxygen atoms in total. The maximum Gasteiger partial charge on any atom is 0.270 e. The van der Waals surface area contributed by atoms with Gasteiger partial charge in [-0.1, -0.05) is 18.2 Å². The molecule has 1 atom stereocenters. The molecular weight excluding hydrogens is 392 g/mol. The van der Waals surface area contributed by atoms with Gasteiger partial charge >= 0.3 is 0 Å². The first-order valence-corrected chi connectivity index (χ1v) is 10.3. The van der Waals surface area contributed by atoms with Crippen molar-refractivity contribution in [3.63, 3.8) is 0 Å². The van der Waals surface area contributed by atoms with Crippen LogP contribution in [0.25, 0.3) is 11.1 Å². The zero-order valence-electron chi connectivity index (χ0n) is 18.0. The summed E-state index contributed by atoms with van der Waals surface area (Å²) in [5, 5.41) is 11.2. The number of nitrogens with zero attached hydrogens (tertiary/aromatic N) is 2. The van der Waals surface area contributed by atoms with Gasteiger partial charge < -0.3 is 14.4 Å². The molecule has 0 saturated carbocycles. The number of fused-ring (bicyclic) bond motifs is 4. The van der Waals surface area contributed by atoms with E-state index in [1.165, 1.54) is 11.6 Å². The minimum atomic E-state index is -0.600. The van der Waals surface area contributed by atoms with Crippen molar-refractivity contribution in [1.82, 2.24) is 0 Å². The Kier molecular flexibility index (Phi) is 4.06. The lowest BCUT2D eigenvalue weighted by atomic mass is 9.77. The third-order valence-corrected chi connectivity index (χ3v) is 6.95. The second-order valence-electron chi connectivity index (χ2n) is 8.81. The van der Waals surface area contributed by atoms with E-state index in [1.54, 1.807) is 19.2 Å². The van der Waals surface area contributed by atoms with E-state index in [0.29, 0.717) is 12.3 Å². The number of methoxy groups -OCH3 is 1. The molecule has 1 unspecified atom stereocenters. The summed E-state index contributed by atoms with van der Waals surface area (Å²) in [5.74, 6) is 1.54. The molecule has 3 aromatic rings. The number of nitro benzene ring substituents is 1. The lowest BCUT2D eigenvalue weighted by Gasteiger charge is -2.48. The first kappa shape index (κ1) is 19.4. The largest absolute Gasteiger partial charge is 0.497 e. The van der Waals surface area contributed by atoms with Crippen LogP contribution in [0.1, 0.15) is 31.9 Å². The van der Waals surface area contributed by atoms with Gasteiger partial charge in [0.1, 0.15) is 11.5 Å². The molecule has 0 aliphatic carbocycles. The zero-order chi connectivity index (χ0) is 22.0. The molecule has 0 N–H and O–H groups in total. The number of hydrogen-bond acceptors (Lipinski definition) is 5. The summed E-state index contributed by atoms with van der Waals surface area (Å²) in [4.78, 5) is 13.1. The predicted molar refractivity (Wildman–Crippen MR) is 120 cm³/mol. The Morgan fingerprint density at radius 2 is 1.71 bits per heavy atom. The molecule has 0 aromatic heterocycles. The molecule has 0 bridgehead atoms. The Bertz CT molecular complexity index is 1200. The van der Waals surface area contributed by atoms with Crippen molar-refractivity contribution in [2.24, 2.45) is 0 Å². The number of non-ortho nitro benzene ring substituents is 1. The number of nitro groups is 1. The Morgan fingerprint density at radius 1 is 1.00 bits per heavy atom. The number of anilines is 1. The first-order chi connectivity index (χ1) is 14.7. The molecule has 2 aliphatic rings. The van der Waals surface area contributed by atoms with Gasteiger partial charge in [-0.2, -0.15) is 0 Å². The van der Waals surface area contributed by atoms with E-state index in [0.717, 1.165) is 28.1 Å². The van der Waals surface area contributed by atoms with Crippen molar-refractivity contribution in [2.75, 3.05) is 12.0 Å². The average molecular weight is 416 g/mol. The van der Waals surface area contributed by atoms with Crippen LogP contribution in [0.15, 0.2) is 60.7 Å². The quantitative estimate of drug-likeness (QED) is 0.406. The molecule has 31 heavy (non-hydrogen) atoms. The van der Waals surface area contributed by atoms with Crippen LogP contribution in [0.5, 0.6) is 11.5 Å². The Balaban J connectivity index is 1.59. The molecule has 6 heteroatoms. The normalized spacial score (nSPS) is 20.3. The molecule has 2 aliphatic heterocycles. The smallest absolute Gasteiger partial charge is 0.270 e. The number of benzene rings is 3. The zero-order valence-corrected chi connectivity index (χ0v) is 18.0. The van der Waals surface area contributed by atoms with Crippen LogP contribution in [0.2, 0.25) is 0 Å². The highest BCUT2D eigenvalue weighted by Crippen LogP contribution is 2.56. The minimum absolute atomic E-state index is 0.0829. The van der Waals surface area contributed by atoms with Crippen molar-refractivity contribution in [3.05, 3.63) is 81.9 Å². The van der Waals surface area contributed by atoms with Crippen LogP contribution < -0.4 is 14.4 Å². The summed E-state index contributed by atoms with van der Waals surface area (Å²) in [6.45, 7) is 7.05. The van der Waals surface area contributed by atoms with Crippen LogP contribution in [-0.4, -0.2) is 17.8 Å². The highest BCUT2D eigenvalue weighted by Gasteiger charge is 2.58. The van der Waals surface area contributed by atoms with E-state index >= 15 is 0 Å². The van der Waals surface area contributed by atoms with Gasteiger partial charge in [0, 0.05) is 23.4 Å². The summed E-state index contributed by atoms with van der Waals surface area (Å²) >= 11 is 0. The Morgan fingerprint density at radius 3 is 2.39 bits per heavy atom. The van der Waals surface area contributed by atoms with E-state index in [4.69, 9.17) is 9.47 Å². The maximum atomic E-state index is 11.2. The van der Waals surface area contributed by atoms with Gasteiger partial charge in [0.2, 0.25) is 0 Å². The van der Waals surface area contributed by atoms with Gasteiger partial charge in [-0.15, -0.1) is 0 Å². The minimum Gasteiger partial charge on any atom is -0.497 e. The SMILES string of the molecule is COc1ccc(-c2ccc3c(c2)C(C)(C)C2(C)Oc4ccc([N+](=O)[O-])cc4CN32)cc1. The fraction of sp³-hybridized carbons (Fsp3) is 0.280. The summed E-state index contributed by atoms with van der Waals surface area (Å²) < 4.78 is 11.8. The van der Waals surface area contributed by atoms with Gasteiger partial charge in [0.05, 0.1) is 24.0 Å². The van der Waals surface area contributed by atoms with Crippen molar-refractivity contribution in [2.45, 2.75) is 38.5 Å². The van der Waals surface area contributed by atoms with E-state index in [2.05, 4.69) is 56.0 Å². The van der Waals surface area contributed by atoms with Crippen LogP contribution in [-0.2, 0) is 12.0 Å². The summed E-state index contributed by atoms with van der Waals surface area (Å²) in [6.07, 6.45) is 0. The fourth-order valence-electron chi connectivity index (χ4n) is 4.76. The highest BCUT2D eigenvalue weighted by atomic mass is 16.6. The van der Waals surface area contributed by atoms with Gasteiger partial charge in [-0.25, -0.2) is 0 Å². The summed E-state index contributed by atoms with van der Waals surface area (Å²) in [7, 11) is 1.66.